The molecule has 1 amide bonds. The Hall–Kier alpha value is -2.21. The van der Waals surface area contributed by atoms with Gasteiger partial charge in [0.15, 0.2) is 5.82 Å². The zero-order valence-electron chi connectivity index (χ0n) is 12.9. The zero-order chi connectivity index (χ0) is 15.8. The van der Waals surface area contributed by atoms with Crippen LogP contribution in [0, 0.1) is 0 Å². The van der Waals surface area contributed by atoms with Crippen molar-refractivity contribution < 1.29 is 9.32 Å². The molecule has 120 valence electrons. The van der Waals surface area contributed by atoms with Crippen LogP contribution in [0.2, 0.25) is 0 Å². The van der Waals surface area contributed by atoms with Gasteiger partial charge < -0.3 is 15.2 Å². The second kappa shape index (κ2) is 5.77. The third-order valence-electron chi connectivity index (χ3n) is 4.67. The van der Waals surface area contributed by atoms with Crippen molar-refractivity contribution in [3.63, 3.8) is 0 Å². The van der Waals surface area contributed by atoms with Gasteiger partial charge in [0.2, 0.25) is 0 Å². The van der Waals surface area contributed by atoms with Crippen LogP contribution in [0.3, 0.4) is 0 Å². The number of hydrogen-bond acceptors (Lipinski definition) is 5. The van der Waals surface area contributed by atoms with Gasteiger partial charge in [-0.1, -0.05) is 5.16 Å². The van der Waals surface area contributed by atoms with Crippen LogP contribution < -0.4 is 5.73 Å². The van der Waals surface area contributed by atoms with Crippen molar-refractivity contribution in [2.45, 2.75) is 37.6 Å². The molecule has 0 radical (unpaired) electrons. The molecule has 1 aromatic carbocycles. The Morgan fingerprint density at radius 3 is 2.74 bits per heavy atom. The minimum Gasteiger partial charge on any atom is -0.334 e. The highest BCUT2D eigenvalue weighted by Crippen LogP contribution is 2.38. The van der Waals surface area contributed by atoms with Gasteiger partial charge >= 0.3 is 0 Å². The van der Waals surface area contributed by atoms with Crippen molar-refractivity contribution in [2.75, 3.05) is 13.1 Å². The quantitative estimate of drug-likeness (QED) is 0.935. The van der Waals surface area contributed by atoms with Gasteiger partial charge in [-0.05, 0) is 49.9 Å². The van der Waals surface area contributed by atoms with E-state index in [1.54, 1.807) is 0 Å². The molecule has 2 N–H and O–H groups in total. The number of amides is 1. The highest BCUT2D eigenvalue weighted by Gasteiger charge is 2.30. The summed E-state index contributed by atoms with van der Waals surface area (Å²) in [5.74, 6) is 1.83. The Morgan fingerprint density at radius 1 is 1.26 bits per heavy atom. The molecule has 6 nitrogen and oxygen atoms in total. The number of rotatable bonds is 4. The molecule has 0 bridgehead atoms. The fourth-order valence-electron chi connectivity index (χ4n) is 3.13. The smallest absolute Gasteiger partial charge is 0.257 e. The van der Waals surface area contributed by atoms with E-state index in [4.69, 9.17) is 10.3 Å². The summed E-state index contributed by atoms with van der Waals surface area (Å²) < 4.78 is 5.31. The first-order valence-electron chi connectivity index (χ1n) is 8.21. The summed E-state index contributed by atoms with van der Waals surface area (Å²) in [5, 5.41) is 4.02. The van der Waals surface area contributed by atoms with E-state index in [-0.39, 0.29) is 11.9 Å². The SMILES string of the molecule is NC[C@@H]1CCCN1C(=O)c1ccc(-c2nc(C3CC3)no2)cc1. The first-order valence-corrected chi connectivity index (χ1v) is 8.21. The highest BCUT2D eigenvalue weighted by atomic mass is 16.5. The van der Waals surface area contributed by atoms with Gasteiger partial charge in [-0.15, -0.1) is 0 Å². The molecule has 1 saturated carbocycles. The Labute approximate surface area is 134 Å². The van der Waals surface area contributed by atoms with Gasteiger partial charge in [-0.2, -0.15) is 4.98 Å². The Balaban J connectivity index is 1.51. The molecule has 23 heavy (non-hydrogen) atoms. The molecular weight excluding hydrogens is 292 g/mol. The van der Waals surface area contributed by atoms with Crippen LogP contribution in [0.5, 0.6) is 0 Å². The first kappa shape index (κ1) is 14.4. The summed E-state index contributed by atoms with van der Waals surface area (Å²) in [4.78, 5) is 18.9. The lowest BCUT2D eigenvalue weighted by molar-refractivity contribution is 0.0741. The fraction of sp³-hybridized carbons (Fsp3) is 0.471. The normalized spacial score (nSPS) is 20.9. The predicted molar refractivity (Wildman–Crippen MR) is 84.8 cm³/mol. The average Bonchev–Trinajstić information content (AvgIpc) is 3.14. The Bertz CT molecular complexity index is 706. The van der Waals surface area contributed by atoms with E-state index in [9.17, 15) is 4.79 Å². The molecule has 2 heterocycles. The lowest BCUT2D eigenvalue weighted by Gasteiger charge is -2.23. The lowest BCUT2D eigenvalue weighted by atomic mass is 10.1. The number of carbonyl (C=O) groups is 1. The maximum atomic E-state index is 12.6. The minimum absolute atomic E-state index is 0.0497. The predicted octanol–water partition coefficient (Wildman–Crippen LogP) is 2.18. The molecule has 0 unspecified atom stereocenters. The van der Waals surface area contributed by atoms with Crippen molar-refractivity contribution >= 4 is 5.91 Å². The molecule has 4 rings (SSSR count). The summed E-state index contributed by atoms with van der Waals surface area (Å²) in [6, 6.07) is 7.55. The van der Waals surface area contributed by atoms with Crippen LogP contribution in [-0.2, 0) is 0 Å². The topological polar surface area (TPSA) is 85.2 Å². The van der Waals surface area contributed by atoms with Gasteiger partial charge in [0.05, 0.1) is 0 Å². The molecule has 0 spiro atoms. The molecular formula is C17H20N4O2. The van der Waals surface area contributed by atoms with Crippen LogP contribution in [0.4, 0.5) is 0 Å². The van der Waals surface area contributed by atoms with Crippen LogP contribution in [0.25, 0.3) is 11.5 Å². The molecule has 1 aliphatic heterocycles. The monoisotopic (exact) mass is 312 g/mol. The van der Waals surface area contributed by atoms with Crippen LogP contribution in [-0.4, -0.2) is 40.1 Å². The van der Waals surface area contributed by atoms with E-state index in [1.165, 1.54) is 0 Å². The number of nitrogens with two attached hydrogens (primary N) is 1. The van der Waals surface area contributed by atoms with Crippen molar-refractivity contribution in [3.05, 3.63) is 35.7 Å². The molecule has 2 fully saturated rings. The van der Waals surface area contributed by atoms with Gasteiger partial charge in [-0.3, -0.25) is 4.79 Å². The lowest BCUT2D eigenvalue weighted by Crippen LogP contribution is -2.39. The second-order valence-corrected chi connectivity index (χ2v) is 6.34. The Morgan fingerprint density at radius 2 is 2.04 bits per heavy atom. The number of aromatic nitrogens is 2. The second-order valence-electron chi connectivity index (χ2n) is 6.34. The van der Waals surface area contributed by atoms with Crippen molar-refractivity contribution in [1.82, 2.24) is 15.0 Å². The molecule has 1 atom stereocenters. The third kappa shape index (κ3) is 2.74. The van der Waals surface area contributed by atoms with E-state index < -0.39 is 0 Å². The Kier molecular flexibility index (Phi) is 3.61. The van der Waals surface area contributed by atoms with E-state index in [2.05, 4.69) is 10.1 Å². The van der Waals surface area contributed by atoms with Crippen molar-refractivity contribution in [1.29, 1.82) is 0 Å². The minimum atomic E-state index is 0.0497. The summed E-state index contributed by atoms with van der Waals surface area (Å²) in [6.45, 7) is 1.31. The van der Waals surface area contributed by atoms with Crippen molar-refractivity contribution in [3.8, 4) is 11.5 Å². The summed E-state index contributed by atoms with van der Waals surface area (Å²) >= 11 is 0. The fourth-order valence-corrected chi connectivity index (χ4v) is 3.13. The standard InChI is InChI=1S/C17H20N4O2/c18-10-14-2-1-9-21(14)17(22)13-7-5-12(6-8-13)16-19-15(20-23-16)11-3-4-11/h5-8,11,14H,1-4,9-10,18H2/t14-/m0/s1. The van der Waals surface area contributed by atoms with E-state index in [0.29, 0.717) is 23.9 Å². The molecule has 6 heteroatoms. The van der Waals surface area contributed by atoms with E-state index >= 15 is 0 Å². The maximum Gasteiger partial charge on any atom is 0.257 e. The number of carbonyl (C=O) groups excluding carboxylic acids is 1. The molecule has 2 aliphatic rings. The maximum absolute atomic E-state index is 12.6. The summed E-state index contributed by atoms with van der Waals surface area (Å²) in [7, 11) is 0. The summed E-state index contributed by atoms with van der Waals surface area (Å²) in [5.41, 5.74) is 7.27. The van der Waals surface area contributed by atoms with E-state index in [0.717, 1.165) is 43.6 Å². The molecule has 1 saturated heterocycles. The van der Waals surface area contributed by atoms with Crippen LogP contribution in [0.1, 0.15) is 47.8 Å². The van der Waals surface area contributed by atoms with Crippen LogP contribution >= 0.6 is 0 Å². The highest BCUT2D eigenvalue weighted by molar-refractivity contribution is 5.95. The number of benzene rings is 1. The molecule has 2 aromatic rings. The first-order chi connectivity index (χ1) is 11.3. The summed E-state index contributed by atoms with van der Waals surface area (Å²) in [6.07, 6.45) is 4.30. The largest absolute Gasteiger partial charge is 0.334 e. The van der Waals surface area contributed by atoms with Gasteiger partial charge in [0, 0.05) is 36.2 Å². The zero-order valence-corrected chi connectivity index (χ0v) is 12.9. The average molecular weight is 312 g/mol. The number of nitrogens with zero attached hydrogens (tertiary/aromatic N) is 3. The molecule has 1 aromatic heterocycles. The van der Waals surface area contributed by atoms with Crippen LogP contribution in [0.15, 0.2) is 28.8 Å². The van der Waals surface area contributed by atoms with Crippen molar-refractivity contribution in [2.24, 2.45) is 5.73 Å². The molecule has 1 aliphatic carbocycles. The third-order valence-corrected chi connectivity index (χ3v) is 4.67. The van der Waals surface area contributed by atoms with Gasteiger partial charge in [-0.25, -0.2) is 0 Å². The number of hydrogen-bond donors (Lipinski definition) is 1. The number of likely N-dealkylation sites (tertiary alicyclic amines) is 1. The van der Waals surface area contributed by atoms with E-state index in [1.807, 2.05) is 29.2 Å². The van der Waals surface area contributed by atoms with Gasteiger partial charge in [0.25, 0.3) is 11.8 Å². The van der Waals surface area contributed by atoms with Gasteiger partial charge in [0.1, 0.15) is 0 Å².